The second kappa shape index (κ2) is 5.98. The number of ether oxygens (including phenoxy) is 2. The van der Waals surface area contributed by atoms with Gasteiger partial charge in [0.2, 0.25) is 0 Å². The average Bonchev–Trinajstić information content (AvgIpc) is 3.06. The van der Waals surface area contributed by atoms with E-state index in [1.165, 1.54) is 17.4 Å². The van der Waals surface area contributed by atoms with Crippen LogP contribution in [0.15, 0.2) is 35.0 Å². The highest BCUT2D eigenvalue weighted by Crippen LogP contribution is 2.28. The summed E-state index contributed by atoms with van der Waals surface area (Å²) in [5.41, 5.74) is 1.19. The van der Waals surface area contributed by atoms with Gasteiger partial charge in [-0.3, -0.25) is 9.59 Å². The van der Waals surface area contributed by atoms with Crippen molar-refractivity contribution in [1.29, 1.82) is 0 Å². The van der Waals surface area contributed by atoms with E-state index in [1.54, 1.807) is 29.0 Å². The van der Waals surface area contributed by atoms with Crippen molar-refractivity contribution in [1.82, 2.24) is 0 Å². The lowest BCUT2D eigenvalue weighted by molar-refractivity contribution is -0.118. The van der Waals surface area contributed by atoms with Crippen molar-refractivity contribution < 1.29 is 23.9 Å². The van der Waals surface area contributed by atoms with Crippen molar-refractivity contribution in [3.05, 3.63) is 46.2 Å². The number of anilines is 1. The molecule has 22 heavy (non-hydrogen) atoms. The number of fused-ring (bicyclic) bond motifs is 1. The molecular weight excluding hydrogens is 306 g/mol. The zero-order chi connectivity index (χ0) is 15.5. The Bertz CT molecular complexity index is 738. The molecule has 0 fully saturated rings. The van der Waals surface area contributed by atoms with Crippen molar-refractivity contribution in [3.8, 4) is 5.75 Å². The van der Waals surface area contributed by atoms with Gasteiger partial charge < -0.3 is 14.8 Å². The molecule has 0 saturated carbocycles. The zero-order valence-electron chi connectivity index (χ0n) is 11.3. The Morgan fingerprint density at radius 2 is 2.14 bits per heavy atom. The fraction of sp³-hybridized carbons (Fsp3) is 0.133. The number of hydrogen-bond donors (Lipinski definition) is 1. The first kappa shape index (κ1) is 14.3. The molecule has 1 amide bonds. The largest absolute Gasteiger partial charge is 0.482 e. The first-order valence-corrected chi connectivity index (χ1v) is 7.37. The van der Waals surface area contributed by atoms with E-state index in [1.807, 2.05) is 0 Å². The highest BCUT2D eigenvalue weighted by atomic mass is 32.1. The molecule has 1 aliphatic rings. The number of esters is 1. The van der Waals surface area contributed by atoms with Gasteiger partial charge in [-0.15, -0.1) is 0 Å². The molecule has 0 spiro atoms. The summed E-state index contributed by atoms with van der Waals surface area (Å²) in [5.74, 6) is -0.664. The number of amides is 1. The molecule has 0 unspecified atom stereocenters. The van der Waals surface area contributed by atoms with Gasteiger partial charge in [-0.25, -0.2) is 4.79 Å². The lowest BCUT2D eigenvalue weighted by Gasteiger charge is -2.18. The van der Waals surface area contributed by atoms with Gasteiger partial charge in [0.05, 0.1) is 11.3 Å². The van der Waals surface area contributed by atoms with Gasteiger partial charge in [0.1, 0.15) is 5.75 Å². The summed E-state index contributed by atoms with van der Waals surface area (Å²) < 4.78 is 10.2. The number of ketones is 1. The highest BCUT2D eigenvalue weighted by Gasteiger charge is 2.18. The molecule has 1 aromatic heterocycles. The molecule has 1 aliphatic heterocycles. The first-order valence-electron chi connectivity index (χ1n) is 6.43. The number of thiophene rings is 1. The second-order valence-corrected chi connectivity index (χ2v) is 5.34. The van der Waals surface area contributed by atoms with Crippen molar-refractivity contribution in [3.63, 3.8) is 0 Å². The molecule has 1 N–H and O–H groups in total. The Morgan fingerprint density at radius 3 is 2.91 bits per heavy atom. The smallest absolute Gasteiger partial charge is 0.339 e. The quantitative estimate of drug-likeness (QED) is 0.690. The lowest BCUT2D eigenvalue weighted by atomic mass is 10.1. The summed E-state index contributed by atoms with van der Waals surface area (Å²) in [6, 6.07) is 6.30. The first-order chi connectivity index (χ1) is 10.6. The van der Waals surface area contributed by atoms with E-state index in [0.717, 1.165) is 0 Å². The number of hydrogen-bond acceptors (Lipinski definition) is 6. The van der Waals surface area contributed by atoms with Gasteiger partial charge >= 0.3 is 5.97 Å². The van der Waals surface area contributed by atoms with Crippen molar-refractivity contribution in [2.75, 3.05) is 18.5 Å². The third kappa shape index (κ3) is 2.99. The monoisotopic (exact) mass is 317 g/mol. The number of nitrogens with one attached hydrogen (secondary N) is 1. The molecule has 0 aliphatic carbocycles. The predicted molar refractivity (Wildman–Crippen MR) is 79.5 cm³/mol. The van der Waals surface area contributed by atoms with Crippen LogP contribution in [0, 0.1) is 0 Å². The van der Waals surface area contributed by atoms with Crippen LogP contribution in [0.2, 0.25) is 0 Å². The average molecular weight is 317 g/mol. The molecule has 6 nitrogen and oxygen atoms in total. The van der Waals surface area contributed by atoms with Crippen LogP contribution in [0.5, 0.6) is 5.75 Å². The van der Waals surface area contributed by atoms with Crippen LogP contribution in [-0.2, 0) is 9.53 Å². The zero-order valence-corrected chi connectivity index (χ0v) is 12.1. The third-order valence-corrected chi connectivity index (χ3v) is 3.71. The van der Waals surface area contributed by atoms with Crippen molar-refractivity contribution in [2.24, 2.45) is 0 Å². The van der Waals surface area contributed by atoms with Crippen LogP contribution >= 0.6 is 11.3 Å². The van der Waals surface area contributed by atoms with E-state index in [0.29, 0.717) is 22.6 Å². The van der Waals surface area contributed by atoms with Crippen LogP contribution in [-0.4, -0.2) is 30.9 Å². The standard InChI is InChI=1S/C15H11NO5S/c17-12(6-21-15(19)10-3-4-22-8-10)9-1-2-13-11(5-9)16-14(18)7-20-13/h1-5,8H,6-7H2,(H,16,18). The molecule has 3 rings (SSSR count). The summed E-state index contributed by atoms with van der Waals surface area (Å²) in [6.45, 7) is -0.402. The van der Waals surface area contributed by atoms with E-state index >= 15 is 0 Å². The molecule has 0 atom stereocenters. The molecular formula is C15H11NO5S. The topological polar surface area (TPSA) is 81.7 Å². The van der Waals surface area contributed by atoms with Gasteiger partial charge in [0.25, 0.3) is 5.91 Å². The fourth-order valence-corrected chi connectivity index (χ4v) is 2.56. The van der Waals surface area contributed by atoms with Crippen LogP contribution in [0.25, 0.3) is 0 Å². The van der Waals surface area contributed by atoms with Crippen LogP contribution in [0.1, 0.15) is 20.7 Å². The molecule has 0 radical (unpaired) electrons. The van der Waals surface area contributed by atoms with Crippen molar-refractivity contribution in [2.45, 2.75) is 0 Å². The summed E-state index contributed by atoms with van der Waals surface area (Å²) in [5, 5.41) is 6.03. The van der Waals surface area contributed by atoms with E-state index in [-0.39, 0.29) is 24.9 Å². The summed E-state index contributed by atoms with van der Waals surface area (Å²) >= 11 is 1.37. The summed E-state index contributed by atoms with van der Waals surface area (Å²) in [6.07, 6.45) is 0. The fourth-order valence-electron chi connectivity index (χ4n) is 1.93. The normalized spacial score (nSPS) is 12.8. The van der Waals surface area contributed by atoms with E-state index in [4.69, 9.17) is 9.47 Å². The minimum absolute atomic E-state index is 0.0431. The van der Waals surface area contributed by atoms with E-state index < -0.39 is 5.97 Å². The number of Topliss-reactive ketones (excluding diaryl/α,β-unsaturated/α-hetero) is 1. The number of rotatable bonds is 4. The minimum Gasteiger partial charge on any atom is -0.482 e. The van der Waals surface area contributed by atoms with Gasteiger partial charge in [-0.05, 0) is 29.6 Å². The molecule has 2 heterocycles. The Balaban J connectivity index is 1.66. The maximum atomic E-state index is 12.1. The van der Waals surface area contributed by atoms with Crippen LogP contribution in [0.4, 0.5) is 5.69 Å². The van der Waals surface area contributed by atoms with Crippen LogP contribution < -0.4 is 10.1 Å². The van der Waals surface area contributed by atoms with Crippen molar-refractivity contribution >= 4 is 34.7 Å². The molecule has 112 valence electrons. The van der Waals surface area contributed by atoms with E-state index in [9.17, 15) is 14.4 Å². The Hall–Kier alpha value is -2.67. The Morgan fingerprint density at radius 1 is 1.27 bits per heavy atom. The van der Waals surface area contributed by atoms with Gasteiger partial charge in [-0.2, -0.15) is 11.3 Å². The van der Waals surface area contributed by atoms with E-state index in [2.05, 4.69) is 5.32 Å². The predicted octanol–water partition coefficient (Wildman–Crippen LogP) is 2.12. The number of carbonyl (C=O) groups is 3. The molecule has 0 bridgehead atoms. The number of carbonyl (C=O) groups excluding carboxylic acids is 3. The van der Waals surface area contributed by atoms with Crippen LogP contribution in [0.3, 0.4) is 0 Å². The minimum atomic E-state index is -0.538. The molecule has 1 aromatic carbocycles. The molecule has 2 aromatic rings. The second-order valence-electron chi connectivity index (χ2n) is 4.56. The Kier molecular flexibility index (Phi) is 3.88. The Labute approximate surface area is 129 Å². The molecule has 0 saturated heterocycles. The SMILES string of the molecule is O=C1COc2ccc(C(=O)COC(=O)c3ccsc3)cc2N1. The maximum absolute atomic E-state index is 12.1. The lowest BCUT2D eigenvalue weighted by Crippen LogP contribution is -2.25. The number of benzene rings is 1. The highest BCUT2D eigenvalue weighted by molar-refractivity contribution is 7.08. The van der Waals surface area contributed by atoms with Gasteiger partial charge in [-0.1, -0.05) is 0 Å². The summed E-state index contributed by atoms with van der Waals surface area (Å²) in [4.78, 5) is 35.0. The third-order valence-electron chi connectivity index (χ3n) is 3.03. The summed E-state index contributed by atoms with van der Waals surface area (Å²) in [7, 11) is 0. The molecule has 7 heteroatoms. The maximum Gasteiger partial charge on any atom is 0.339 e. The van der Waals surface area contributed by atoms with Gasteiger partial charge in [0, 0.05) is 10.9 Å². The van der Waals surface area contributed by atoms with Gasteiger partial charge in [0.15, 0.2) is 19.0 Å².